The normalized spacial score (nSPS) is 11.5. The van der Waals surface area contributed by atoms with Crippen LogP contribution in [0.5, 0.6) is 5.75 Å². The van der Waals surface area contributed by atoms with Crippen LogP contribution in [0.1, 0.15) is 19.4 Å². The van der Waals surface area contributed by atoms with Crippen LogP contribution >= 0.6 is 0 Å². The zero-order valence-electron chi connectivity index (χ0n) is 9.71. The van der Waals surface area contributed by atoms with Gasteiger partial charge in [0.25, 0.3) is 0 Å². The van der Waals surface area contributed by atoms with Gasteiger partial charge in [-0.2, -0.15) is 0 Å². The summed E-state index contributed by atoms with van der Waals surface area (Å²) < 4.78 is 5.20. The molecule has 0 saturated heterocycles. The summed E-state index contributed by atoms with van der Waals surface area (Å²) in [7, 11) is 1.68. The highest BCUT2D eigenvalue weighted by atomic mass is 16.5. The smallest absolute Gasteiger partial charge is 0.119 e. The molecule has 0 spiro atoms. The predicted octanol–water partition coefficient (Wildman–Crippen LogP) is 1.48. The molecule has 1 rings (SSSR count). The van der Waals surface area contributed by atoms with Crippen molar-refractivity contribution >= 4 is 0 Å². The van der Waals surface area contributed by atoms with Gasteiger partial charge in [0.1, 0.15) is 5.75 Å². The van der Waals surface area contributed by atoms with E-state index in [1.807, 2.05) is 18.2 Å². The minimum Gasteiger partial charge on any atom is -0.497 e. The predicted molar refractivity (Wildman–Crippen MR) is 63.1 cm³/mol. The minimum absolute atomic E-state index is 0.0755. The molecule has 3 N–H and O–H groups in total. The zero-order chi connectivity index (χ0) is 11.3. The highest BCUT2D eigenvalue weighted by molar-refractivity contribution is 5.32. The van der Waals surface area contributed by atoms with Crippen molar-refractivity contribution in [1.82, 2.24) is 5.32 Å². The number of ether oxygens (including phenoxy) is 1. The van der Waals surface area contributed by atoms with E-state index in [0.29, 0.717) is 6.54 Å². The average Bonchev–Trinajstić information content (AvgIpc) is 2.26. The van der Waals surface area contributed by atoms with Crippen molar-refractivity contribution in [2.45, 2.75) is 19.4 Å². The molecule has 3 nitrogen and oxygen atoms in total. The Kier molecular flexibility index (Phi) is 4.12. The van der Waals surface area contributed by atoms with Crippen LogP contribution in [0.15, 0.2) is 24.3 Å². The molecule has 0 atom stereocenters. The standard InChI is InChI=1S/C12H20N2O/c1-12(2,14-8-7-13)10-5-4-6-11(9-10)15-3/h4-6,9,14H,7-8,13H2,1-3H3. The van der Waals surface area contributed by atoms with Crippen LogP contribution in [-0.2, 0) is 5.54 Å². The number of benzene rings is 1. The van der Waals surface area contributed by atoms with Gasteiger partial charge < -0.3 is 15.8 Å². The van der Waals surface area contributed by atoms with E-state index in [2.05, 4.69) is 25.2 Å². The van der Waals surface area contributed by atoms with Gasteiger partial charge in [0.15, 0.2) is 0 Å². The number of nitrogens with one attached hydrogen (secondary N) is 1. The number of nitrogens with two attached hydrogens (primary N) is 1. The molecule has 0 aliphatic heterocycles. The molecular weight excluding hydrogens is 188 g/mol. The monoisotopic (exact) mass is 208 g/mol. The van der Waals surface area contributed by atoms with Crippen molar-refractivity contribution in [1.29, 1.82) is 0 Å². The molecule has 0 heterocycles. The second-order valence-corrected chi connectivity index (χ2v) is 4.07. The molecule has 0 aromatic heterocycles. The topological polar surface area (TPSA) is 47.3 Å². The third-order valence-corrected chi connectivity index (χ3v) is 2.50. The molecular formula is C12H20N2O. The van der Waals surface area contributed by atoms with E-state index in [9.17, 15) is 0 Å². The lowest BCUT2D eigenvalue weighted by molar-refractivity contribution is 0.395. The molecule has 3 heteroatoms. The van der Waals surface area contributed by atoms with Gasteiger partial charge in [0.2, 0.25) is 0 Å². The highest BCUT2D eigenvalue weighted by Crippen LogP contribution is 2.23. The summed E-state index contributed by atoms with van der Waals surface area (Å²) in [5.41, 5.74) is 6.61. The first-order chi connectivity index (χ1) is 7.10. The summed E-state index contributed by atoms with van der Waals surface area (Å²) in [5, 5.41) is 3.40. The van der Waals surface area contributed by atoms with E-state index < -0.39 is 0 Å². The highest BCUT2D eigenvalue weighted by Gasteiger charge is 2.19. The molecule has 0 fully saturated rings. The zero-order valence-corrected chi connectivity index (χ0v) is 9.71. The van der Waals surface area contributed by atoms with Gasteiger partial charge in [0, 0.05) is 18.6 Å². The van der Waals surface area contributed by atoms with Gasteiger partial charge in [0.05, 0.1) is 7.11 Å². The largest absolute Gasteiger partial charge is 0.497 e. The molecule has 0 amide bonds. The third-order valence-electron chi connectivity index (χ3n) is 2.50. The molecule has 0 bridgehead atoms. The average molecular weight is 208 g/mol. The van der Waals surface area contributed by atoms with Gasteiger partial charge in [-0.25, -0.2) is 0 Å². The third kappa shape index (κ3) is 3.22. The lowest BCUT2D eigenvalue weighted by atomic mass is 9.94. The van der Waals surface area contributed by atoms with Crippen molar-refractivity contribution in [2.24, 2.45) is 5.73 Å². The van der Waals surface area contributed by atoms with Crippen molar-refractivity contribution < 1.29 is 4.74 Å². The molecule has 1 aromatic carbocycles. The molecule has 0 saturated carbocycles. The maximum absolute atomic E-state index is 5.48. The first kappa shape index (κ1) is 12.0. The fourth-order valence-corrected chi connectivity index (χ4v) is 1.50. The minimum atomic E-state index is -0.0755. The van der Waals surface area contributed by atoms with E-state index in [1.54, 1.807) is 7.11 Å². The van der Waals surface area contributed by atoms with Crippen molar-refractivity contribution in [2.75, 3.05) is 20.2 Å². The van der Waals surface area contributed by atoms with E-state index >= 15 is 0 Å². The van der Waals surface area contributed by atoms with E-state index in [4.69, 9.17) is 10.5 Å². The summed E-state index contributed by atoms with van der Waals surface area (Å²) in [6.07, 6.45) is 0. The van der Waals surface area contributed by atoms with Gasteiger partial charge >= 0.3 is 0 Å². The fourth-order valence-electron chi connectivity index (χ4n) is 1.50. The van der Waals surface area contributed by atoms with E-state index in [0.717, 1.165) is 12.3 Å². The van der Waals surface area contributed by atoms with Gasteiger partial charge in [-0.3, -0.25) is 0 Å². The van der Waals surface area contributed by atoms with Crippen LogP contribution in [0.25, 0.3) is 0 Å². The fraction of sp³-hybridized carbons (Fsp3) is 0.500. The van der Waals surface area contributed by atoms with Gasteiger partial charge in [-0.05, 0) is 31.5 Å². The van der Waals surface area contributed by atoms with Crippen molar-refractivity contribution in [3.63, 3.8) is 0 Å². The Hall–Kier alpha value is -1.06. The lowest BCUT2D eigenvalue weighted by Gasteiger charge is -2.27. The summed E-state index contributed by atoms with van der Waals surface area (Å²) in [4.78, 5) is 0. The Balaban J connectivity index is 2.83. The van der Waals surface area contributed by atoms with E-state index in [-0.39, 0.29) is 5.54 Å². The summed E-state index contributed by atoms with van der Waals surface area (Å²) in [6, 6.07) is 8.08. The van der Waals surface area contributed by atoms with Crippen molar-refractivity contribution in [3.8, 4) is 5.75 Å². The molecule has 15 heavy (non-hydrogen) atoms. The van der Waals surface area contributed by atoms with Gasteiger partial charge in [-0.15, -0.1) is 0 Å². The molecule has 84 valence electrons. The Morgan fingerprint density at radius 2 is 2.13 bits per heavy atom. The maximum Gasteiger partial charge on any atom is 0.119 e. The first-order valence-corrected chi connectivity index (χ1v) is 5.20. The quantitative estimate of drug-likeness (QED) is 0.770. The van der Waals surface area contributed by atoms with E-state index in [1.165, 1.54) is 5.56 Å². The maximum atomic E-state index is 5.48. The van der Waals surface area contributed by atoms with Crippen molar-refractivity contribution in [3.05, 3.63) is 29.8 Å². The molecule has 1 aromatic rings. The summed E-state index contributed by atoms with van der Waals surface area (Å²) in [6.45, 7) is 5.73. The van der Waals surface area contributed by atoms with Crippen LogP contribution in [0, 0.1) is 0 Å². The number of rotatable bonds is 5. The summed E-state index contributed by atoms with van der Waals surface area (Å²) >= 11 is 0. The SMILES string of the molecule is COc1cccc(C(C)(C)NCCN)c1. The van der Waals surface area contributed by atoms with Crippen LogP contribution in [0.4, 0.5) is 0 Å². The number of methoxy groups -OCH3 is 1. The number of hydrogen-bond donors (Lipinski definition) is 2. The molecule has 0 aliphatic carbocycles. The Morgan fingerprint density at radius 3 is 2.73 bits per heavy atom. The van der Waals surface area contributed by atoms with Crippen LogP contribution < -0.4 is 15.8 Å². The second-order valence-electron chi connectivity index (χ2n) is 4.07. The molecule has 0 radical (unpaired) electrons. The van der Waals surface area contributed by atoms with Gasteiger partial charge in [-0.1, -0.05) is 12.1 Å². The van der Waals surface area contributed by atoms with Crippen LogP contribution in [-0.4, -0.2) is 20.2 Å². The first-order valence-electron chi connectivity index (χ1n) is 5.20. The molecule has 0 aliphatic rings. The Morgan fingerprint density at radius 1 is 1.40 bits per heavy atom. The molecule has 0 unspecified atom stereocenters. The lowest BCUT2D eigenvalue weighted by Crippen LogP contribution is -2.39. The summed E-state index contributed by atoms with van der Waals surface area (Å²) in [5.74, 6) is 0.884. The van der Waals surface area contributed by atoms with Crippen LogP contribution in [0.2, 0.25) is 0 Å². The Labute approximate surface area is 91.6 Å². The second kappa shape index (κ2) is 5.14. The Bertz CT molecular complexity index is 310. The number of hydrogen-bond acceptors (Lipinski definition) is 3. The van der Waals surface area contributed by atoms with Crippen LogP contribution in [0.3, 0.4) is 0 Å².